The van der Waals surface area contributed by atoms with E-state index in [2.05, 4.69) is 88.4 Å². The molecule has 2 amide bonds. The van der Waals surface area contributed by atoms with Gasteiger partial charge in [-0.3, -0.25) is 19.4 Å². The fraction of sp³-hybridized carbons (Fsp3) is 0.344. The Morgan fingerprint density at radius 1 is 0.532 bits per heavy atom. The summed E-state index contributed by atoms with van der Waals surface area (Å²) in [5, 5.41) is 0. The Morgan fingerprint density at radius 2 is 0.922 bits per heavy atom. The molecule has 8 aromatic rings. The van der Waals surface area contributed by atoms with Gasteiger partial charge < -0.3 is 8.83 Å². The molecule has 1 aliphatic carbocycles. The van der Waals surface area contributed by atoms with Crippen molar-refractivity contribution < 1.29 is 18.4 Å². The molecule has 3 aliphatic rings. The van der Waals surface area contributed by atoms with E-state index in [1.807, 2.05) is 38.1 Å². The lowest BCUT2D eigenvalue weighted by Crippen LogP contribution is -2.31. The highest BCUT2D eigenvalue weighted by Gasteiger charge is 2.46. The van der Waals surface area contributed by atoms with Crippen LogP contribution >= 0.6 is 71.4 Å². The molecule has 16 heteroatoms. The number of likely N-dealkylation sites (N-methyl/N-ethyl adjacent to an activating group) is 2. The SMILES string of the molecule is CCCCC(CC)CC1(CC(CC)CCCC)c2cc(-c3ccc(-c4ccc(/C=C5\SC(=S)N(CC)C5=O)o4)c4nsnc34)ccc2-c2ccc(-c3ccc(-c4ccc(/C=C5\SC(=S)N(CC)C5=O)o4)c4nsnc34)cc21. The number of unbranched alkanes of at least 4 members (excludes halogenated alkanes) is 2. The number of amides is 2. The number of hydrogen-bond donors (Lipinski definition) is 0. The molecular weight excluding hydrogens is 1070 g/mol. The minimum atomic E-state index is -0.260. The predicted octanol–water partition coefficient (Wildman–Crippen LogP) is 17.5. The van der Waals surface area contributed by atoms with E-state index < -0.39 is 0 Å². The van der Waals surface area contributed by atoms with Gasteiger partial charge in [-0.1, -0.05) is 163 Å². The molecule has 394 valence electrons. The fourth-order valence-electron chi connectivity index (χ4n) is 11.8. The van der Waals surface area contributed by atoms with Gasteiger partial charge in [-0.15, -0.1) is 0 Å². The first-order valence-electron chi connectivity index (χ1n) is 27.0. The number of thiocarbonyl (C=S) groups is 2. The van der Waals surface area contributed by atoms with Crippen molar-refractivity contribution in [2.45, 2.75) is 111 Å². The summed E-state index contributed by atoms with van der Waals surface area (Å²) < 4.78 is 33.6. The second-order valence-corrected chi connectivity index (χ2v) is 24.8. The maximum Gasteiger partial charge on any atom is 0.266 e. The predicted molar refractivity (Wildman–Crippen MR) is 328 cm³/mol. The Balaban J connectivity index is 0.998. The number of carbonyl (C=O) groups is 2. The molecule has 4 aromatic heterocycles. The molecule has 10 nitrogen and oxygen atoms in total. The Labute approximate surface area is 477 Å². The van der Waals surface area contributed by atoms with Crippen LogP contribution in [0.5, 0.6) is 0 Å². The second-order valence-electron chi connectivity index (χ2n) is 20.3. The molecule has 2 atom stereocenters. The first-order valence-corrected chi connectivity index (χ1v) is 30.9. The summed E-state index contributed by atoms with van der Waals surface area (Å²) >= 11 is 16.0. The molecule has 2 unspecified atom stereocenters. The molecule has 0 spiro atoms. The third-order valence-corrected chi connectivity index (χ3v) is 19.7. The van der Waals surface area contributed by atoms with Crippen LogP contribution in [0.4, 0.5) is 0 Å². The lowest BCUT2D eigenvalue weighted by atomic mass is 9.64. The molecule has 0 bridgehead atoms. The third kappa shape index (κ3) is 9.89. The van der Waals surface area contributed by atoms with Crippen molar-refractivity contribution in [1.82, 2.24) is 27.3 Å². The summed E-state index contributed by atoms with van der Waals surface area (Å²) in [6, 6.07) is 30.5. The number of fused-ring (bicyclic) bond motifs is 5. The molecule has 2 saturated heterocycles. The summed E-state index contributed by atoms with van der Waals surface area (Å²) in [5.41, 5.74) is 14.4. The van der Waals surface area contributed by atoms with E-state index in [1.54, 1.807) is 22.0 Å². The first-order chi connectivity index (χ1) is 37.5. The minimum Gasteiger partial charge on any atom is -0.457 e. The van der Waals surface area contributed by atoms with Gasteiger partial charge in [0.05, 0.1) is 33.3 Å². The van der Waals surface area contributed by atoms with Gasteiger partial charge in [-0.05, 0) is 120 Å². The molecule has 0 N–H and O–H groups in total. The Morgan fingerprint density at radius 3 is 1.30 bits per heavy atom. The molecule has 0 saturated carbocycles. The zero-order valence-electron chi connectivity index (χ0n) is 44.1. The van der Waals surface area contributed by atoms with Gasteiger partial charge in [0.1, 0.15) is 53.7 Å². The number of carbonyl (C=O) groups excluding carboxylic acids is 2. The molecule has 77 heavy (non-hydrogen) atoms. The van der Waals surface area contributed by atoms with Crippen molar-refractivity contribution in [2.24, 2.45) is 11.8 Å². The standard InChI is InChI=1S/C61H60N6O4S6/c1-7-13-15-35(9-3)33-61(34-36(10-4)16-14-8-2)47-29-37(41-23-25-45(55-53(41)62-76-64-55)49-27-19-39(70-49)31-51-57(68)66(11-5)59(72)74-51)17-21-43(47)44-22-18-38(30-48(44)61)42-24-26-46(56-54(42)63-77-65-56)50-28-20-40(71-50)32-52-58(69)67(12-6)60(73)75-52/h17-32,35-36H,7-16,33-34H2,1-6H3/b51-31-,52-32-. The quantitative estimate of drug-likeness (QED) is 0.0534. The van der Waals surface area contributed by atoms with Crippen LogP contribution in [0.25, 0.3) is 90.2 Å². The van der Waals surface area contributed by atoms with Crippen LogP contribution in [0, 0.1) is 11.8 Å². The molecular formula is C61H60N6O4S6. The Kier molecular flexibility index (Phi) is 15.7. The largest absolute Gasteiger partial charge is 0.457 e. The van der Waals surface area contributed by atoms with Crippen molar-refractivity contribution in [1.29, 1.82) is 0 Å². The Bertz CT molecular complexity index is 3440. The van der Waals surface area contributed by atoms with Crippen molar-refractivity contribution in [3.05, 3.63) is 117 Å². The highest BCUT2D eigenvalue weighted by molar-refractivity contribution is 8.27. The number of hydrogen-bond acceptors (Lipinski definition) is 14. The number of rotatable bonds is 20. The van der Waals surface area contributed by atoms with Crippen molar-refractivity contribution in [3.63, 3.8) is 0 Å². The van der Waals surface area contributed by atoms with E-state index in [0.717, 1.165) is 81.1 Å². The third-order valence-electron chi connectivity index (χ3n) is 15.9. The van der Waals surface area contributed by atoms with Crippen LogP contribution in [0.2, 0.25) is 0 Å². The van der Waals surface area contributed by atoms with E-state index in [4.69, 9.17) is 50.8 Å². The van der Waals surface area contributed by atoms with Crippen LogP contribution in [0.3, 0.4) is 0 Å². The van der Waals surface area contributed by atoms with Crippen LogP contribution in [0.1, 0.15) is 128 Å². The smallest absolute Gasteiger partial charge is 0.266 e. The van der Waals surface area contributed by atoms with Crippen molar-refractivity contribution in [3.8, 4) is 56.0 Å². The maximum absolute atomic E-state index is 13.0. The molecule has 2 fully saturated rings. The van der Waals surface area contributed by atoms with E-state index >= 15 is 0 Å². The number of furan rings is 2. The van der Waals surface area contributed by atoms with Gasteiger partial charge in [-0.25, -0.2) is 0 Å². The lowest BCUT2D eigenvalue weighted by molar-refractivity contribution is -0.122. The molecule has 4 aromatic carbocycles. The highest BCUT2D eigenvalue weighted by atomic mass is 32.2. The van der Waals surface area contributed by atoms with Gasteiger partial charge in [-0.2, -0.15) is 17.5 Å². The van der Waals surface area contributed by atoms with Gasteiger partial charge in [0.2, 0.25) is 0 Å². The maximum atomic E-state index is 13.0. The number of aromatic nitrogens is 4. The topological polar surface area (TPSA) is 118 Å². The Hall–Kier alpha value is -5.62. The van der Waals surface area contributed by atoms with Gasteiger partial charge in [0, 0.05) is 52.9 Å². The molecule has 0 radical (unpaired) electrons. The first kappa shape index (κ1) is 53.4. The summed E-state index contributed by atoms with van der Waals surface area (Å²) in [4.78, 5) is 30.4. The van der Waals surface area contributed by atoms with Gasteiger partial charge in [0.25, 0.3) is 11.8 Å². The van der Waals surface area contributed by atoms with Gasteiger partial charge in [0.15, 0.2) is 0 Å². The van der Waals surface area contributed by atoms with E-state index in [1.165, 1.54) is 108 Å². The minimum absolute atomic E-state index is 0.0969. The number of nitrogens with zero attached hydrogens (tertiary/aromatic N) is 6. The summed E-state index contributed by atoms with van der Waals surface area (Å²) in [6.07, 6.45) is 15.1. The number of benzene rings is 4. The lowest BCUT2D eigenvalue weighted by Gasteiger charge is -2.39. The zero-order valence-corrected chi connectivity index (χ0v) is 49.0. The van der Waals surface area contributed by atoms with E-state index in [0.29, 0.717) is 66.4 Å². The number of thioether (sulfide) groups is 2. The second kappa shape index (κ2) is 22.6. The van der Waals surface area contributed by atoms with Crippen molar-refractivity contribution in [2.75, 3.05) is 13.1 Å². The molecule has 11 rings (SSSR count). The summed E-state index contributed by atoms with van der Waals surface area (Å²) in [5.74, 6) is 3.37. The highest BCUT2D eigenvalue weighted by Crippen LogP contribution is 2.58. The van der Waals surface area contributed by atoms with E-state index in [-0.39, 0.29) is 17.2 Å². The molecule has 6 heterocycles. The fourth-order valence-corrected chi connectivity index (χ4v) is 15.7. The monoisotopic (exact) mass is 1130 g/mol. The molecule has 2 aliphatic heterocycles. The summed E-state index contributed by atoms with van der Waals surface area (Å²) in [7, 11) is 0. The van der Waals surface area contributed by atoms with Crippen LogP contribution in [-0.2, 0) is 15.0 Å². The van der Waals surface area contributed by atoms with Crippen molar-refractivity contribution >= 4 is 126 Å². The van der Waals surface area contributed by atoms with E-state index in [9.17, 15) is 9.59 Å². The zero-order chi connectivity index (χ0) is 53.5. The normalized spacial score (nSPS) is 17.1. The average Bonchev–Trinajstić information content (AvgIpc) is 4.52. The van der Waals surface area contributed by atoms with Crippen LogP contribution in [0.15, 0.2) is 104 Å². The van der Waals surface area contributed by atoms with Crippen LogP contribution in [-0.4, -0.2) is 60.8 Å². The average molecular weight is 1130 g/mol. The summed E-state index contributed by atoms with van der Waals surface area (Å²) in [6.45, 7) is 14.3. The van der Waals surface area contributed by atoms with Gasteiger partial charge >= 0.3 is 0 Å². The van der Waals surface area contributed by atoms with Crippen LogP contribution < -0.4 is 0 Å².